The highest BCUT2D eigenvalue weighted by atomic mass is 32.3. The molecule has 82 heavy (non-hydrogen) atoms. The van der Waals surface area contributed by atoms with Crippen molar-refractivity contribution in [2.45, 2.75) is 125 Å². The number of ether oxygens (including phenoxy) is 2. The number of nitrogens with zero attached hydrogens (tertiary/aromatic N) is 2. The van der Waals surface area contributed by atoms with E-state index in [1.54, 1.807) is 24.3 Å². The lowest BCUT2D eigenvalue weighted by atomic mass is 9.88. The average Bonchev–Trinajstić information content (AvgIpc) is 3.50. The molecule has 26 N–H and O–H groups in total. The Kier molecular flexibility index (Phi) is 30.0. The van der Waals surface area contributed by atoms with Crippen LogP contribution in [0.4, 0.5) is 0 Å². The summed E-state index contributed by atoms with van der Waals surface area (Å²) in [4.78, 5) is 78.6. The van der Waals surface area contributed by atoms with E-state index in [9.17, 15) is 75.6 Å². The van der Waals surface area contributed by atoms with E-state index in [0.29, 0.717) is 46.6 Å². The molecule has 2 heterocycles. The fraction of sp³-hybridized carbons (Fsp3) is 0.520. The molecule has 4 aromatic rings. The van der Waals surface area contributed by atoms with E-state index in [-0.39, 0.29) is 59.0 Å². The van der Waals surface area contributed by atoms with Crippen LogP contribution < -0.4 is 44.7 Å². The van der Waals surface area contributed by atoms with Crippen molar-refractivity contribution in [3.8, 4) is 11.5 Å². The van der Waals surface area contributed by atoms with Crippen molar-refractivity contribution < 1.29 is 85.1 Å². The van der Waals surface area contributed by atoms with E-state index in [1.165, 1.54) is 14.2 Å². The third-order valence-corrected chi connectivity index (χ3v) is 21.1. The molecule has 0 saturated heterocycles. The minimum atomic E-state index is -4.67. The maximum atomic E-state index is 11.7. The molecule has 0 unspecified atom stereocenters. The molecule has 4 atom stereocenters. The van der Waals surface area contributed by atoms with Gasteiger partial charge >= 0.3 is 30.4 Å². The second-order valence-electron chi connectivity index (χ2n) is 20.4. The monoisotopic (exact) mass is 1280 g/mol. The van der Waals surface area contributed by atoms with Crippen molar-refractivity contribution in [3.05, 3.63) is 118 Å². The van der Waals surface area contributed by atoms with Gasteiger partial charge in [-0.15, -0.1) is 0 Å². The van der Waals surface area contributed by atoms with E-state index >= 15 is 0 Å². The van der Waals surface area contributed by atoms with Crippen LogP contribution in [0.1, 0.15) is 125 Å². The van der Waals surface area contributed by atoms with Gasteiger partial charge in [0.05, 0.1) is 47.6 Å². The summed E-state index contributed by atoms with van der Waals surface area (Å²) < 4.78 is 105. The quantitative estimate of drug-likeness (QED) is 0.0290. The lowest BCUT2D eigenvalue weighted by Gasteiger charge is -2.42. The van der Waals surface area contributed by atoms with Crippen LogP contribution in [0.5, 0.6) is 11.5 Å². The smallest absolute Gasteiger partial charge is 0.339 e. The van der Waals surface area contributed by atoms with Crippen LogP contribution in [0.3, 0.4) is 0 Å². The summed E-state index contributed by atoms with van der Waals surface area (Å²) in [5, 5.41) is 7.49. The summed E-state index contributed by atoms with van der Waals surface area (Å²) >= 11 is 0. The molecule has 32 heteroatoms. The fourth-order valence-corrected chi connectivity index (χ4v) is 18.1. The molecule has 0 aliphatic carbocycles. The number of benzene rings is 4. The molecule has 0 amide bonds. The van der Waals surface area contributed by atoms with Gasteiger partial charge in [0.15, 0.2) is 0 Å². The Hall–Kier alpha value is -2.70. The van der Waals surface area contributed by atoms with Gasteiger partial charge in [-0.3, -0.25) is 56.9 Å². The van der Waals surface area contributed by atoms with Crippen LogP contribution in [0.25, 0.3) is 0 Å². The summed E-state index contributed by atoms with van der Waals surface area (Å²) in [7, 11) is -22.6. The first kappa shape index (κ1) is 77.3. The van der Waals surface area contributed by atoms with E-state index in [4.69, 9.17) is 9.47 Å². The Morgan fingerprint density at radius 2 is 0.805 bits per heavy atom. The van der Waals surface area contributed by atoms with Crippen molar-refractivity contribution in [2.24, 2.45) is 0 Å². The summed E-state index contributed by atoms with van der Waals surface area (Å²) in [6.45, 7) is 7.62. The number of fused-ring (bicyclic) bond motifs is 2. The molecule has 6 rings (SSSR count). The maximum Gasteiger partial charge on any atom is 0.339 e. The number of nitrogens with one attached hydrogen (secondary N) is 2. The molecule has 2 aliphatic heterocycles. The van der Waals surface area contributed by atoms with Gasteiger partial charge in [0, 0.05) is 46.4 Å². The lowest BCUT2D eigenvalue weighted by molar-refractivity contribution is 0.267. The predicted molar refractivity (Wildman–Crippen MR) is 325 cm³/mol. The highest BCUT2D eigenvalue weighted by Gasteiger charge is 2.45. The predicted octanol–water partition coefficient (Wildman–Crippen LogP) is 10.5. The third kappa shape index (κ3) is 21.9. The first-order chi connectivity index (χ1) is 36.2. The zero-order valence-corrected chi connectivity index (χ0v) is 52.9. The SMILES string of the molecule is CCCC[C@]1(CC)CS(O)(O)c2cc(CN(CP(=O)(O)O)CP(=O)(O)O)c(OC)cc2[C@@H](c2ccccc2)N1.CCCC[C@]1(CC)CS(O)(O)c2cc(CN(CP(=O)(O)O)CP(=O)(O)O)c(OC)cc2[C@@H](c2ccccc2)N1.N.N.N.N. The third-order valence-electron chi connectivity index (χ3n) is 14.0. The lowest BCUT2D eigenvalue weighted by Crippen LogP contribution is -2.49. The fourth-order valence-electron chi connectivity index (χ4n) is 10.4. The van der Waals surface area contributed by atoms with Crippen LogP contribution >= 0.6 is 51.6 Å². The maximum absolute atomic E-state index is 11.7. The largest absolute Gasteiger partial charge is 0.496 e. The Bertz CT molecular complexity index is 2600. The number of methoxy groups -OCH3 is 2. The number of hydrogen-bond donors (Lipinski definition) is 18. The van der Waals surface area contributed by atoms with Gasteiger partial charge in [-0.1, -0.05) is 114 Å². The molecule has 0 spiro atoms. The molecule has 0 fully saturated rings. The van der Waals surface area contributed by atoms with Crippen molar-refractivity contribution >= 4 is 51.6 Å². The molecule has 0 bridgehead atoms. The second kappa shape index (κ2) is 31.8. The number of hydrogen-bond acceptors (Lipinski definition) is 18. The highest BCUT2D eigenvalue weighted by molar-refractivity contribution is 8.24. The summed E-state index contributed by atoms with van der Waals surface area (Å²) in [6.07, 6.45) is 2.88. The standard InChI is InChI=1S/2C25H40N2O9P2S.4H3N/c2*1-4-6-12-25(5-2)16-39(34,35)23-13-20(15-27(17-37(28,29)30)18-38(31,32)33)22(36-3)14-21(23)24(26-25)19-10-8-7-9-11-19;;;;/h2*7-11,13-14,24,26,34-35H,4-6,12,15-18H2,1-3H3,(H2,28,29,30)(H2,31,32,33);4*1H3/t2*24-,25-;;;;/m11..../s1. The number of rotatable bonds is 24. The number of unbranched alkanes of at least 4 members (excludes halogenated alkanes) is 2. The average molecular weight is 1280 g/mol. The van der Waals surface area contributed by atoms with Crippen LogP contribution in [0.15, 0.2) is 94.7 Å². The van der Waals surface area contributed by atoms with Crippen LogP contribution in [-0.4, -0.2) is 129 Å². The molecule has 0 radical (unpaired) electrons. The normalized spacial score (nSPS) is 21.2. The zero-order valence-electron chi connectivity index (χ0n) is 47.7. The van der Waals surface area contributed by atoms with E-state index in [1.807, 2.05) is 74.5 Å². The Labute approximate surface area is 485 Å². The summed E-state index contributed by atoms with van der Waals surface area (Å²) in [6, 6.07) is 24.9. The van der Waals surface area contributed by atoms with Crippen LogP contribution in [0.2, 0.25) is 0 Å². The van der Waals surface area contributed by atoms with Gasteiger partial charge in [-0.25, -0.2) is 0 Å². The van der Waals surface area contributed by atoms with Crippen molar-refractivity contribution in [2.75, 3.05) is 50.9 Å². The Morgan fingerprint density at radius 3 is 1.05 bits per heavy atom. The Morgan fingerprint density at radius 1 is 0.512 bits per heavy atom. The molecule has 0 saturated carbocycles. The molecular weight excluding hydrogens is 1190 g/mol. The molecule has 26 nitrogen and oxygen atoms in total. The van der Waals surface area contributed by atoms with E-state index in [0.717, 1.165) is 59.5 Å². The minimum absolute atomic E-state index is 0. The van der Waals surface area contributed by atoms with Crippen molar-refractivity contribution in [1.29, 1.82) is 0 Å². The van der Waals surface area contributed by atoms with Crippen LogP contribution in [-0.2, 0) is 31.3 Å². The van der Waals surface area contributed by atoms with Gasteiger partial charge in [0.25, 0.3) is 0 Å². The summed E-state index contributed by atoms with van der Waals surface area (Å²) in [5.74, 6) is 0.747. The second-order valence-corrected chi connectivity index (χ2v) is 30.9. The first-order valence-corrected chi connectivity index (χ1v) is 36.1. The molecular formula is C50H92N8O18P4S2. The van der Waals surface area contributed by atoms with E-state index < -0.39 is 99.9 Å². The van der Waals surface area contributed by atoms with Gasteiger partial charge in [-0.2, -0.15) is 21.2 Å². The van der Waals surface area contributed by atoms with Gasteiger partial charge in [0.2, 0.25) is 0 Å². The Balaban J connectivity index is 0.000000782. The summed E-state index contributed by atoms with van der Waals surface area (Å²) in [5.41, 5.74) is 2.54. The molecule has 472 valence electrons. The van der Waals surface area contributed by atoms with Gasteiger partial charge < -0.3 is 73.2 Å². The van der Waals surface area contributed by atoms with E-state index in [2.05, 4.69) is 24.5 Å². The molecule has 2 aliphatic rings. The zero-order chi connectivity index (χ0) is 58.1. The molecule has 0 aromatic heterocycles. The topological polar surface area (TPSA) is 500 Å². The highest BCUT2D eigenvalue weighted by Crippen LogP contribution is 2.60. The van der Waals surface area contributed by atoms with Gasteiger partial charge in [0.1, 0.15) is 36.6 Å². The van der Waals surface area contributed by atoms with Crippen LogP contribution in [0, 0.1) is 0 Å². The molecule has 4 aromatic carbocycles. The van der Waals surface area contributed by atoms with Gasteiger partial charge in [-0.05, 0) is 61.1 Å². The van der Waals surface area contributed by atoms with Crippen molar-refractivity contribution in [1.82, 2.24) is 45.0 Å². The first-order valence-electron chi connectivity index (χ1n) is 25.5. The minimum Gasteiger partial charge on any atom is -0.496 e. The van der Waals surface area contributed by atoms with Crippen molar-refractivity contribution in [3.63, 3.8) is 0 Å².